The fraction of sp³-hybridized carbons (Fsp3) is 0.148. The van der Waals surface area contributed by atoms with E-state index in [0.29, 0.717) is 38.8 Å². The maximum Gasteiger partial charge on any atom is 0.255 e. The van der Waals surface area contributed by atoms with Gasteiger partial charge in [0, 0.05) is 22.2 Å². The first-order valence-electron chi connectivity index (χ1n) is 11.4. The van der Waals surface area contributed by atoms with Crippen molar-refractivity contribution in [2.24, 2.45) is 0 Å². The molecule has 3 aromatic carbocycles. The number of hydrogen-bond donors (Lipinski definition) is 3. The van der Waals surface area contributed by atoms with Gasteiger partial charge in [-0.1, -0.05) is 65.8 Å². The van der Waals surface area contributed by atoms with Crippen LogP contribution in [0.25, 0.3) is 0 Å². The summed E-state index contributed by atoms with van der Waals surface area (Å²) in [5.74, 6) is 0.976. The molecule has 3 N–H and O–H groups in total. The summed E-state index contributed by atoms with van der Waals surface area (Å²) in [7, 11) is 0. The number of benzene rings is 3. The summed E-state index contributed by atoms with van der Waals surface area (Å²) in [5, 5.41) is 22.4. The first-order chi connectivity index (χ1) is 17.4. The minimum atomic E-state index is -0.583. The van der Waals surface area contributed by atoms with Gasteiger partial charge in [-0.2, -0.15) is 4.98 Å². The number of fused-ring (bicyclic) bond motifs is 1. The molecule has 0 spiro atoms. The zero-order valence-electron chi connectivity index (χ0n) is 19.7. The van der Waals surface area contributed by atoms with E-state index in [1.807, 2.05) is 68.4 Å². The lowest BCUT2D eigenvalue weighted by Gasteiger charge is -2.28. The number of thioether (sulfide) groups is 1. The number of carbonyl (C=O) groups is 1. The molecule has 0 bridgehead atoms. The fourth-order valence-electron chi connectivity index (χ4n) is 4.17. The van der Waals surface area contributed by atoms with Gasteiger partial charge in [-0.15, -0.1) is 5.10 Å². The van der Waals surface area contributed by atoms with E-state index in [9.17, 15) is 9.90 Å². The lowest BCUT2D eigenvalue weighted by atomic mass is 9.95. The maximum absolute atomic E-state index is 13.6. The average Bonchev–Trinajstić information content (AvgIpc) is 3.25. The van der Waals surface area contributed by atoms with E-state index >= 15 is 0 Å². The second kappa shape index (κ2) is 10.1. The van der Waals surface area contributed by atoms with Crippen molar-refractivity contribution < 1.29 is 9.90 Å². The average molecular weight is 518 g/mol. The second-order valence-electron chi connectivity index (χ2n) is 8.53. The van der Waals surface area contributed by atoms with Crippen molar-refractivity contribution in [1.82, 2.24) is 14.8 Å². The summed E-state index contributed by atoms with van der Waals surface area (Å²) >= 11 is 7.77. The SMILES string of the molecule is CC1=C(C(=O)Nc2cccc(C)c2)C(c2cccc(O)c2)n2nc(SCc3ccccc3Cl)nc2N1. The Bertz CT molecular complexity index is 1480. The molecular weight excluding hydrogens is 494 g/mol. The van der Waals surface area contributed by atoms with Crippen LogP contribution in [0, 0.1) is 6.92 Å². The molecular formula is C27H24ClN5O2S. The highest BCUT2D eigenvalue weighted by Crippen LogP contribution is 2.38. The van der Waals surface area contributed by atoms with Crippen molar-refractivity contribution >= 4 is 40.9 Å². The summed E-state index contributed by atoms with van der Waals surface area (Å²) in [6.07, 6.45) is 0. The molecule has 0 fully saturated rings. The van der Waals surface area contributed by atoms with Crippen LogP contribution in [0.5, 0.6) is 5.75 Å². The number of halogens is 1. The highest BCUT2D eigenvalue weighted by molar-refractivity contribution is 7.98. The number of phenols is 1. The van der Waals surface area contributed by atoms with Gasteiger partial charge in [-0.3, -0.25) is 4.79 Å². The van der Waals surface area contributed by atoms with Crippen LogP contribution in [-0.2, 0) is 10.5 Å². The molecule has 0 radical (unpaired) electrons. The lowest BCUT2D eigenvalue weighted by molar-refractivity contribution is -0.113. The fourth-order valence-corrected chi connectivity index (χ4v) is 5.28. The number of amides is 1. The van der Waals surface area contributed by atoms with E-state index < -0.39 is 6.04 Å². The van der Waals surface area contributed by atoms with Crippen LogP contribution in [-0.4, -0.2) is 25.8 Å². The molecule has 0 aliphatic carbocycles. The Kier molecular flexibility index (Phi) is 6.71. The maximum atomic E-state index is 13.6. The molecule has 0 saturated carbocycles. The highest BCUT2D eigenvalue weighted by atomic mass is 35.5. The normalized spacial score (nSPS) is 14.8. The molecule has 9 heteroatoms. The molecule has 1 aromatic heterocycles. The van der Waals surface area contributed by atoms with Crippen molar-refractivity contribution in [2.45, 2.75) is 30.8 Å². The predicted molar refractivity (Wildman–Crippen MR) is 143 cm³/mol. The van der Waals surface area contributed by atoms with Crippen LogP contribution in [0.15, 0.2) is 89.2 Å². The van der Waals surface area contributed by atoms with Crippen molar-refractivity contribution in [1.29, 1.82) is 0 Å². The van der Waals surface area contributed by atoms with Crippen LogP contribution >= 0.6 is 23.4 Å². The number of nitrogens with one attached hydrogen (secondary N) is 2. The zero-order chi connectivity index (χ0) is 25.2. The van der Waals surface area contributed by atoms with E-state index in [4.69, 9.17) is 16.7 Å². The highest BCUT2D eigenvalue weighted by Gasteiger charge is 2.34. The summed E-state index contributed by atoms with van der Waals surface area (Å²) in [6.45, 7) is 3.82. The van der Waals surface area contributed by atoms with Crippen LogP contribution in [0.1, 0.15) is 29.7 Å². The van der Waals surface area contributed by atoms with Gasteiger partial charge in [0.15, 0.2) is 0 Å². The Hall–Kier alpha value is -3.75. The van der Waals surface area contributed by atoms with Crippen molar-refractivity contribution in [3.05, 3.63) is 106 Å². The Morgan fingerprint density at radius 3 is 2.69 bits per heavy atom. The number of carbonyl (C=O) groups excluding carboxylic acids is 1. The first-order valence-corrected chi connectivity index (χ1v) is 12.7. The van der Waals surface area contributed by atoms with Gasteiger partial charge in [0.2, 0.25) is 11.1 Å². The van der Waals surface area contributed by atoms with Crippen LogP contribution in [0.3, 0.4) is 0 Å². The smallest absolute Gasteiger partial charge is 0.255 e. The second-order valence-corrected chi connectivity index (χ2v) is 9.88. The molecule has 1 aliphatic heterocycles. The Balaban J connectivity index is 1.50. The van der Waals surface area contributed by atoms with Crippen molar-refractivity contribution in [2.75, 3.05) is 10.6 Å². The van der Waals surface area contributed by atoms with Gasteiger partial charge in [-0.25, -0.2) is 4.68 Å². The lowest BCUT2D eigenvalue weighted by Crippen LogP contribution is -2.31. The monoisotopic (exact) mass is 517 g/mol. The number of rotatable bonds is 6. The van der Waals surface area contributed by atoms with Crippen molar-refractivity contribution in [3.8, 4) is 5.75 Å². The number of hydrogen-bond acceptors (Lipinski definition) is 6. The number of phenolic OH excluding ortho intramolecular Hbond substituents is 1. The molecule has 1 unspecified atom stereocenters. The van der Waals surface area contributed by atoms with E-state index in [1.54, 1.807) is 22.9 Å². The topological polar surface area (TPSA) is 92.1 Å². The van der Waals surface area contributed by atoms with E-state index in [1.165, 1.54) is 11.8 Å². The van der Waals surface area contributed by atoms with Gasteiger partial charge in [0.25, 0.3) is 5.91 Å². The zero-order valence-corrected chi connectivity index (χ0v) is 21.3. The minimum Gasteiger partial charge on any atom is -0.508 e. The van der Waals surface area contributed by atoms with Gasteiger partial charge in [-0.05, 0) is 60.9 Å². The molecule has 7 nitrogen and oxygen atoms in total. The van der Waals surface area contributed by atoms with Crippen molar-refractivity contribution in [3.63, 3.8) is 0 Å². The molecule has 2 heterocycles. The van der Waals surface area contributed by atoms with Gasteiger partial charge in [0.05, 0.1) is 5.57 Å². The number of nitrogens with zero attached hydrogens (tertiary/aromatic N) is 3. The summed E-state index contributed by atoms with van der Waals surface area (Å²) in [5.41, 5.74) is 4.61. The van der Waals surface area contributed by atoms with E-state index in [2.05, 4.69) is 15.6 Å². The van der Waals surface area contributed by atoms with Gasteiger partial charge in [0.1, 0.15) is 11.8 Å². The predicted octanol–water partition coefficient (Wildman–Crippen LogP) is 6.17. The van der Waals surface area contributed by atoms with Gasteiger partial charge < -0.3 is 15.7 Å². The van der Waals surface area contributed by atoms with E-state index in [0.717, 1.165) is 16.7 Å². The largest absolute Gasteiger partial charge is 0.508 e. The number of aromatic nitrogens is 3. The molecule has 1 atom stereocenters. The summed E-state index contributed by atoms with van der Waals surface area (Å²) in [4.78, 5) is 18.2. The third-order valence-corrected chi connectivity index (χ3v) is 7.11. The summed E-state index contributed by atoms with van der Waals surface area (Å²) < 4.78 is 1.70. The van der Waals surface area contributed by atoms with Gasteiger partial charge >= 0.3 is 0 Å². The number of aromatic hydroxyl groups is 1. The third-order valence-electron chi connectivity index (χ3n) is 5.85. The molecule has 4 aromatic rings. The van der Waals surface area contributed by atoms with Crippen LogP contribution < -0.4 is 10.6 Å². The molecule has 0 saturated heterocycles. The molecule has 1 amide bonds. The Labute approximate surface area is 218 Å². The molecule has 36 heavy (non-hydrogen) atoms. The molecule has 1 aliphatic rings. The Morgan fingerprint density at radius 2 is 1.92 bits per heavy atom. The minimum absolute atomic E-state index is 0.108. The standard InChI is InChI=1S/C27H24ClN5O2S/c1-16-7-5-10-20(13-16)30-25(35)23-17(2)29-26-31-27(36-15-19-8-3-4-12-22(19)28)32-33(26)24(23)18-9-6-11-21(34)14-18/h3-14,24,34H,15H2,1-2H3,(H,30,35)(H,29,31,32). The number of aryl methyl sites for hydroxylation is 1. The molecule has 182 valence electrons. The quantitative estimate of drug-likeness (QED) is 0.265. The van der Waals surface area contributed by atoms with Crippen LogP contribution in [0.2, 0.25) is 5.02 Å². The van der Waals surface area contributed by atoms with Crippen LogP contribution in [0.4, 0.5) is 11.6 Å². The number of allylic oxidation sites excluding steroid dienone is 1. The first kappa shape index (κ1) is 24.0. The summed E-state index contributed by atoms with van der Waals surface area (Å²) in [6, 6.07) is 21.6. The third kappa shape index (κ3) is 4.96. The molecule has 5 rings (SSSR count). The van der Waals surface area contributed by atoms with E-state index in [-0.39, 0.29) is 11.7 Å². The Morgan fingerprint density at radius 1 is 1.11 bits per heavy atom. The number of anilines is 2.